The van der Waals surface area contributed by atoms with Crippen LogP contribution in [0.3, 0.4) is 0 Å². The topological polar surface area (TPSA) is 3.24 Å². The molecular formula is C54H49N. The summed E-state index contributed by atoms with van der Waals surface area (Å²) >= 11 is 0. The first-order valence-electron chi connectivity index (χ1n) is 20.1. The van der Waals surface area contributed by atoms with E-state index in [2.05, 4.69) is 213 Å². The van der Waals surface area contributed by atoms with Crippen molar-refractivity contribution in [1.82, 2.24) is 0 Å². The minimum atomic E-state index is -0.0605. The molecule has 0 fully saturated rings. The smallest absolute Gasteiger partial charge is 0.0465 e. The van der Waals surface area contributed by atoms with Crippen LogP contribution in [0.1, 0.15) is 97.2 Å². The molecule has 0 amide bonds. The molecule has 55 heavy (non-hydrogen) atoms. The molecule has 8 rings (SSSR count). The Balaban J connectivity index is 1.16. The van der Waals surface area contributed by atoms with Gasteiger partial charge in [-0.3, -0.25) is 0 Å². The Morgan fingerprint density at radius 3 is 1.40 bits per heavy atom. The van der Waals surface area contributed by atoms with Crippen LogP contribution in [0, 0.1) is 11.8 Å². The summed E-state index contributed by atoms with van der Waals surface area (Å²) in [5, 5.41) is 0. The van der Waals surface area contributed by atoms with E-state index in [0.29, 0.717) is 0 Å². The van der Waals surface area contributed by atoms with Gasteiger partial charge in [-0.05, 0) is 112 Å². The normalized spacial score (nSPS) is 12.4. The van der Waals surface area contributed by atoms with Gasteiger partial charge >= 0.3 is 0 Å². The Morgan fingerprint density at radius 2 is 0.873 bits per heavy atom. The van der Waals surface area contributed by atoms with Crippen molar-refractivity contribution < 1.29 is 0 Å². The van der Waals surface area contributed by atoms with Crippen molar-refractivity contribution in [2.24, 2.45) is 0 Å². The molecule has 0 atom stereocenters. The maximum Gasteiger partial charge on any atom is 0.0465 e. The highest BCUT2D eigenvalue weighted by atomic mass is 15.1. The summed E-state index contributed by atoms with van der Waals surface area (Å²) in [6.07, 6.45) is 6.97. The van der Waals surface area contributed by atoms with Crippen LogP contribution in [0.25, 0.3) is 11.1 Å². The van der Waals surface area contributed by atoms with E-state index in [1.807, 2.05) is 0 Å². The summed E-state index contributed by atoms with van der Waals surface area (Å²) in [5.74, 6) is 7.31. The second-order valence-electron chi connectivity index (χ2n) is 14.9. The number of hydrogen-bond donors (Lipinski definition) is 0. The minimum absolute atomic E-state index is 0.0605. The third-order valence-electron chi connectivity index (χ3n) is 11.4. The predicted octanol–water partition coefficient (Wildman–Crippen LogP) is 14.4. The molecule has 1 nitrogen and oxygen atoms in total. The van der Waals surface area contributed by atoms with E-state index in [1.54, 1.807) is 0 Å². The summed E-state index contributed by atoms with van der Waals surface area (Å²) < 4.78 is 0. The lowest BCUT2D eigenvalue weighted by atomic mass is 9.70. The van der Waals surface area contributed by atoms with Gasteiger partial charge in [0.15, 0.2) is 0 Å². The lowest BCUT2D eigenvalue weighted by molar-refractivity contribution is 0.414. The van der Waals surface area contributed by atoms with Crippen molar-refractivity contribution in [3.8, 4) is 23.0 Å². The Hall–Kier alpha value is -6.10. The van der Waals surface area contributed by atoms with Gasteiger partial charge in [-0.15, -0.1) is 0 Å². The third-order valence-corrected chi connectivity index (χ3v) is 11.4. The molecule has 270 valence electrons. The molecule has 1 aliphatic rings. The van der Waals surface area contributed by atoms with Crippen molar-refractivity contribution >= 4 is 17.1 Å². The van der Waals surface area contributed by atoms with Crippen LogP contribution >= 0.6 is 0 Å². The van der Waals surface area contributed by atoms with E-state index < -0.39 is 0 Å². The number of anilines is 3. The van der Waals surface area contributed by atoms with Crippen molar-refractivity contribution in [1.29, 1.82) is 0 Å². The van der Waals surface area contributed by atoms with Crippen LogP contribution < -0.4 is 4.90 Å². The average molecular weight is 712 g/mol. The summed E-state index contributed by atoms with van der Waals surface area (Å²) in [7, 11) is 0. The molecule has 0 N–H and O–H groups in total. The number of fused-ring (bicyclic) bond motifs is 3. The number of nitrogens with zero attached hydrogens (tertiary/aromatic N) is 1. The molecule has 0 unspecified atom stereocenters. The van der Waals surface area contributed by atoms with Gasteiger partial charge in [0.25, 0.3) is 0 Å². The fraction of sp³-hybridized carbons (Fsp3) is 0.185. The summed E-state index contributed by atoms with van der Waals surface area (Å²) in [4.78, 5) is 2.40. The molecule has 1 aliphatic carbocycles. The first kappa shape index (κ1) is 35.9. The van der Waals surface area contributed by atoms with Crippen LogP contribution in [0.15, 0.2) is 182 Å². The predicted molar refractivity (Wildman–Crippen MR) is 233 cm³/mol. The molecule has 7 aromatic carbocycles. The van der Waals surface area contributed by atoms with Gasteiger partial charge in [-0.1, -0.05) is 173 Å². The summed E-state index contributed by atoms with van der Waals surface area (Å²) in [6, 6.07) is 66.2. The quantitative estimate of drug-likeness (QED) is 0.0901. The molecular weight excluding hydrogens is 663 g/mol. The number of rotatable bonds is 12. The number of hydrogen-bond acceptors (Lipinski definition) is 1. The molecule has 0 aliphatic heterocycles. The largest absolute Gasteiger partial charge is 0.310 e. The van der Waals surface area contributed by atoms with Gasteiger partial charge in [0.2, 0.25) is 0 Å². The maximum absolute atomic E-state index is 3.59. The van der Waals surface area contributed by atoms with Gasteiger partial charge in [-0.2, -0.15) is 0 Å². The fourth-order valence-corrected chi connectivity index (χ4v) is 8.69. The van der Waals surface area contributed by atoms with Crippen molar-refractivity contribution in [3.63, 3.8) is 0 Å². The highest BCUT2D eigenvalue weighted by Gasteiger charge is 2.42. The first-order valence-corrected chi connectivity index (χ1v) is 20.1. The second kappa shape index (κ2) is 16.5. The molecule has 0 saturated carbocycles. The minimum Gasteiger partial charge on any atom is -0.310 e. The maximum atomic E-state index is 3.59. The highest BCUT2D eigenvalue weighted by molar-refractivity contribution is 5.86. The molecule has 0 heterocycles. The van der Waals surface area contributed by atoms with Crippen LogP contribution in [-0.4, -0.2) is 0 Å². The van der Waals surface area contributed by atoms with Gasteiger partial charge in [-0.25, -0.2) is 0 Å². The lowest BCUT2D eigenvalue weighted by Crippen LogP contribution is -2.26. The van der Waals surface area contributed by atoms with Crippen molar-refractivity contribution in [3.05, 3.63) is 221 Å². The van der Waals surface area contributed by atoms with E-state index in [1.165, 1.54) is 70.3 Å². The fourth-order valence-electron chi connectivity index (χ4n) is 8.69. The molecule has 0 spiro atoms. The Labute approximate surface area is 328 Å². The third kappa shape index (κ3) is 7.38. The second-order valence-corrected chi connectivity index (χ2v) is 14.9. The van der Waals surface area contributed by atoms with Gasteiger partial charge in [0.05, 0.1) is 0 Å². The SMILES string of the molecule is CCCCC1(CCCC)c2cc(C#Cc3ccc(C(c4ccccc4)c4ccccc4)cc3)ccc2-c2ccc(N(c3ccccc3)c3ccccc3)cc21. The van der Waals surface area contributed by atoms with E-state index in [4.69, 9.17) is 0 Å². The number of para-hydroxylation sites is 2. The van der Waals surface area contributed by atoms with Gasteiger partial charge in [0, 0.05) is 39.5 Å². The van der Waals surface area contributed by atoms with E-state index >= 15 is 0 Å². The average Bonchev–Trinajstić information content (AvgIpc) is 3.51. The van der Waals surface area contributed by atoms with Crippen molar-refractivity contribution in [2.45, 2.75) is 63.7 Å². The summed E-state index contributed by atoms with van der Waals surface area (Å²) in [5.41, 5.74) is 15.1. The zero-order valence-electron chi connectivity index (χ0n) is 32.1. The monoisotopic (exact) mass is 711 g/mol. The Bertz CT molecular complexity index is 2300. The van der Waals surface area contributed by atoms with Crippen LogP contribution in [0.4, 0.5) is 17.1 Å². The molecule has 0 bridgehead atoms. The molecule has 0 aromatic heterocycles. The molecule has 7 aromatic rings. The van der Waals surface area contributed by atoms with E-state index in [-0.39, 0.29) is 11.3 Å². The van der Waals surface area contributed by atoms with Crippen LogP contribution in [0.5, 0.6) is 0 Å². The number of benzene rings is 7. The zero-order chi connectivity index (χ0) is 37.5. The molecule has 1 heteroatoms. The van der Waals surface area contributed by atoms with E-state index in [0.717, 1.165) is 35.3 Å². The standard InChI is InChI=1S/C54H49N/c1-3-5-37-54(38-6-4-2)51-39-42(28-27-41-29-32-45(33-30-41)53(43-19-11-7-12-20-43)44-21-13-8-14-22-44)31-35-49(51)50-36-34-48(40-52(50)54)55(46-23-15-9-16-24-46)47-25-17-10-18-26-47/h7-26,29-36,39-40,53H,3-6,37-38H2,1-2H3. The lowest BCUT2D eigenvalue weighted by Gasteiger charge is -2.34. The molecule has 0 radical (unpaired) electrons. The highest BCUT2D eigenvalue weighted by Crippen LogP contribution is 2.55. The first-order chi connectivity index (χ1) is 27.2. The molecule has 0 saturated heterocycles. The van der Waals surface area contributed by atoms with E-state index in [9.17, 15) is 0 Å². The summed E-state index contributed by atoms with van der Waals surface area (Å²) in [6.45, 7) is 4.64. The number of unbranched alkanes of at least 4 members (excludes halogenated alkanes) is 2. The van der Waals surface area contributed by atoms with Crippen molar-refractivity contribution in [2.75, 3.05) is 4.90 Å². The van der Waals surface area contributed by atoms with Gasteiger partial charge in [0.1, 0.15) is 0 Å². The Kier molecular flexibility index (Phi) is 10.8. The van der Waals surface area contributed by atoms with Gasteiger partial charge < -0.3 is 4.90 Å². The van der Waals surface area contributed by atoms with Crippen LogP contribution in [0.2, 0.25) is 0 Å². The zero-order valence-corrected chi connectivity index (χ0v) is 32.1. The Morgan fingerprint density at radius 1 is 0.436 bits per heavy atom. The van der Waals surface area contributed by atoms with Crippen LogP contribution in [-0.2, 0) is 5.41 Å².